The second-order valence-electron chi connectivity index (χ2n) is 4.83. The van der Waals surface area contributed by atoms with Crippen molar-refractivity contribution in [3.63, 3.8) is 0 Å². The van der Waals surface area contributed by atoms with Gasteiger partial charge in [0.05, 0.1) is 6.10 Å². The van der Waals surface area contributed by atoms with E-state index in [1.165, 1.54) is 0 Å². The fourth-order valence-corrected chi connectivity index (χ4v) is 2.31. The Morgan fingerprint density at radius 1 is 1.28 bits per heavy atom. The van der Waals surface area contributed by atoms with Crippen LogP contribution in [0.4, 0.5) is 4.79 Å². The SMILES string of the molecule is O=C(NCc1ccccc1)N[C@H]1CCC[C@H](O)C1. The highest BCUT2D eigenvalue weighted by molar-refractivity contribution is 5.74. The van der Waals surface area contributed by atoms with Crippen molar-refractivity contribution < 1.29 is 9.90 Å². The average Bonchev–Trinajstić information content (AvgIpc) is 2.38. The van der Waals surface area contributed by atoms with Crippen LogP contribution in [0.2, 0.25) is 0 Å². The highest BCUT2D eigenvalue weighted by Gasteiger charge is 2.21. The van der Waals surface area contributed by atoms with Crippen LogP contribution in [0.3, 0.4) is 0 Å². The first-order valence-corrected chi connectivity index (χ1v) is 6.50. The lowest BCUT2D eigenvalue weighted by molar-refractivity contribution is 0.113. The maximum atomic E-state index is 11.7. The van der Waals surface area contributed by atoms with Gasteiger partial charge in [-0.25, -0.2) is 4.79 Å². The molecule has 0 radical (unpaired) electrons. The smallest absolute Gasteiger partial charge is 0.315 e. The molecular weight excluding hydrogens is 228 g/mol. The zero-order valence-electron chi connectivity index (χ0n) is 10.4. The first-order valence-electron chi connectivity index (χ1n) is 6.50. The highest BCUT2D eigenvalue weighted by Crippen LogP contribution is 2.18. The summed E-state index contributed by atoms with van der Waals surface area (Å²) >= 11 is 0. The number of aliphatic hydroxyl groups excluding tert-OH is 1. The topological polar surface area (TPSA) is 61.4 Å². The van der Waals surface area contributed by atoms with E-state index in [4.69, 9.17) is 0 Å². The lowest BCUT2D eigenvalue weighted by Crippen LogP contribution is -2.44. The third-order valence-corrected chi connectivity index (χ3v) is 3.28. The van der Waals surface area contributed by atoms with Gasteiger partial charge in [0.15, 0.2) is 0 Å². The molecule has 0 aromatic heterocycles. The molecule has 2 atom stereocenters. The van der Waals surface area contributed by atoms with E-state index >= 15 is 0 Å². The summed E-state index contributed by atoms with van der Waals surface area (Å²) < 4.78 is 0. The predicted octanol–water partition coefficient (Wildman–Crippen LogP) is 1.79. The van der Waals surface area contributed by atoms with E-state index in [2.05, 4.69) is 10.6 Å². The fraction of sp³-hybridized carbons (Fsp3) is 0.500. The van der Waals surface area contributed by atoms with E-state index in [1.54, 1.807) is 0 Å². The largest absolute Gasteiger partial charge is 0.393 e. The normalized spacial score (nSPS) is 23.4. The molecule has 1 aliphatic rings. The molecule has 18 heavy (non-hydrogen) atoms. The summed E-state index contributed by atoms with van der Waals surface area (Å²) in [6, 6.07) is 9.75. The monoisotopic (exact) mass is 248 g/mol. The van der Waals surface area contributed by atoms with Gasteiger partial charge in [0, 0.05) is 12.6 Å². The molecule has 1 aromatic rings. The van der Waals surface area contributed by atoms with E-state index in [0.717, 1.165) is 24.8 Å². The van der Waals surface area contributed by atoms with Crippen molar-refractivity contribution in [1.82, 2.24) is 10.6 Å². The van der Waals surface area contributed by atoms with Crippen LogP contribution in [0, 0.1) is 0 Å². The lowest BCUT2D eigenvalue weighted by atomic mass is 9.93. The zero-order valence-corrected chi connectivity index (χ0v) is 10.4. The molecule has 0 unspecified atom stereocenters. The Balaban J connectivity index is 1.72. The van der Waals surface area contributed by atoms with Gasteiger partial charge >= 0.3 is 6.03 Å². The Kier molecular flexibility index (Phi) is 4.59. The van der Waals surface area contributed by atoms with Crippen LogP contribution in [-0.2, 0) is 6.54 Å². The van der Waals surface area contributed by atoms with Crippen molar-refractivity contribution in [2.75, 3.05) is 0 Å². The maximum Gasteiger partial charge on any atom is 0.315 e. The minimum atomic E-state index is -0.266. The van der Waals surface area contributed by atoms with Gasteiger partial charge in [-0.15, -0.1) is 0 Å². The zero-order chi connectivity index (χ0) is 12.8. The van der Waals surface area contributed by atoms with Gasteiger partial charge in [-0.1, -0.05) is 30.3 Å². The number of urea groups is 1. The van der Waals surface area contributed by atoms with Gasteiger partial charge < -0.3 is 15.7 Å². The van der Waals surface area contributed by atoms with Crippen LogP contribution in [-0.4, -0.2) is 23.3 Å². The molecule has 1 aromatic carbocycles. The quantitative estimate of drug-likeness (QED) is 0.763. The molecule has 0 saturated heterocycles. The lowest BCUT2D eigenvalue weighted by Gasteiger charge is -2.26. The van der Waals surface area contributed by atoms with Crippen molar-refractivity contribution in [2.45, 2.75) is 44.4 Å². The molecule has 4 heteroatoms. The number of rotatable bonds is 3. The summed E-state index contributed by atoms with van der Waals surface area (Å²) in [5, 5.41) is 15.3. The number of aliphatic hydroxyl groups is 1. The Bertz CT molecular complexity index is 381. The number of carbonyl (C=O) groups is 1. The molecule has 1 saturated carbocycles. The van der Waals surface area contributed by atoms with Gasteiger partial charge in [-0.05, 0) is 31.2 Å². The molecule has 0 aliphatic heterocycles. The fourth-order valence-electron chi connectivity index (χ4n) is 2.31. The third-order valence-electron chi connectivity index (χ3n) is 3.28. The summed E-state index contributed by atoms with van der Waals surface area (Å²) in [5.74, 6) is 0. The van der Waals surface area contributed by atoms with Crippen molar-refractivity contribution in [3.05, 3.63) is 35.9 Å². The predicted molar refractivity (Wildman–Crippen MR) is 70.1 cm³/mol. The molecule has 0 bridgehead atoms. The van der Waals surface area contributed by atoms with Crippen molar-refractivity contribution >= 4 is 6.03 Å². The maximum absolute atomic E-state index is 11.7. The van der Waals surface area contributed by atoms with Crippen LogP contribution >= 0.6 is 0 Å². The van der Waals surface area contributed by atoms with E-state index in [0.29, 0.717) is 13.0 Å². The minimum Gasteiger partial charge on any atom is -0.393 e. The molecule has 3 N–H and O–H groups in total. The molecule has 2 amide bonds. The van der Waals surface area contributed by atoms with Gasteiger partial charge in [0.1, 0.15) is 0 Å². The number of carbonyl (C=O) groups excluding carboxylic acids is 1. The standard InChI is InChI=1S/C14H20N2O2/c17-13-8-4-7-12(9-13)16-14(18)15-10-11-5-2-1-3-6-11/h1-3,5-6,12-13,17H,4,7-10H2,(H2,15,16,18)/t12-,13-/m0/s1. The Labute approximate surface area is 107 Å². The molecule has 98 valence electrons. The Morgan fingerprint density at radius 2 is 2.06 bits per heavy atom. The Morgan fingerprint density at radius 3 is 2.78 bits per heavy atom. The molecular formula is C14H20N2O2. The third kappa shape index (κ3) is 4.04. The summed E-state index contributed by atoms with van der Waals surface area (Å²) in [6.45, 7) is 0.530. The van der Waals surface area contributed by atoms with E-state index < -0.39 is 0 Å². The van der Waals surface area contributed by atoms with Crippen LogP contribution in [0.5, 0.6) is 0 Å². The molecule has 1 fully saturated rings. The van der Waals surface area contributed by atoms with Gasteiger partial charge in [-0.3, -0.25) is 0 Å². The van der Waals surface area contributed by atoms with Crippen LogP contribution < -0.4 is 10.6 Å². The van der Waals surface area contributed by atoms with E-state index in [1.807, 2.05) is 30.3 Å². The Hall–Kier alpha value is -1.55. The number of benzene rings is 1. The molecule has 0 heterocycles. The second-order valence-corrected chi connectivity index (χ2v) is 4.83. The number of nitrogens with one attached hydrogen (secondary N) is 2. The van der Waals surface area contributed by atoms with E-state index in [9.17, 15) is 9.90 Å². The second kappa shape index (κ2) is 6.40. The first kappa shape index (κ1) is 12.9. The molecule has 0 spiro atoms. The van der Waals surface area contributed by atoms with Gasteiger partial charge in [-0.2, -0.15) is 0 Å². The van der Waals surface area contributed by atoms with Crippen LogP contribution in [0.25, 0.3) is 0 Å². The number of hydrogen-bond acceptors (Lipinski definition) is 2. The summed E-state index contributed by atoms with van der Waals surface area (Å²) in [5.41, 5.74) is 1.08. The average molecular weight is 248 g/mol. The minimum absolute atomic E-state index is 0.101. The summed E-state index contributed by atoms with van der Waals surface area (Å²) in [4.78, 5) is 11.7. The molecule has 2 rings (SSSR count). The number of amides is 2. The van der Waals surface area contributed by atoms with Crippen molar-refractivity contribution in [2.24, 2.45) is 0 Å². The van der Waals surface area contributed by atoms with Crippen molar-refractivity contribution in [1.29, 1.82) is 0 Å². The van der Waals surface area contributed by atoms with Gasteiger partial charge in [0.25, 0.3) is 0 Å². The summed E-state index contributed by atoms with van der Waals surface area (Å²) in [7, 11) is 0. The number of hydrogen-bond donors (Lipinski definition) is 3. The summed E-state index contributed by atoms with van der Waals surface area (Å²) in [6.07, 6.45) is 3.18. The van der Waals surface area contributed by atoms with Crippen LogP contribution in [0.15, 0.2) is 30.3 Å². The van der Waals surface area contributed by atoms with E-state index in [-0.39, 0.29) is 18.2 Å². The van der Waals surface area contributed by atoms with Gasteiger partial charge in [0.2, 0.25) is 0 Å². The highest BCUT2D eigenvalue weighted by atomic mass is 16.3. The first-order chi connectivity index (χ1) is 8.74. The van der Waals surface area contributed by atoms with Crippen LogP contribution in [0.1, 0.15) is 31.2 Å². The molecule has 4 nitrogen and oxygen atoms in total. The molecule has 1 aliphatic carbocycles. The van der Waals surface area contributed by atoms with Crippen molar-refractivity contribution in [3.8, 4) is 0 Å².